The highest BCUT2D eigenvalue weighted by atomic mass is 16.6. The van der Waals surface area contributed by atoms with Crippen LogP contribution < -0.4 is 0 Å². The first-order chi connectivity index (χ1) is 16.1. The number of benzene rings is 1. The van der Waals surface area contributed by atoms with Crippen molar-refractivity contribution in [3.05, 3.63) is 35.9 Å². The Balaban J connectivity index is 2.98. The molecule has 0 N–H and O–H groups in total. The number of carbonyl (C=O) groups is 3. The fourth-order valence-corrected chi connectivity index (χ4v) is 2.94. The van der Waals surface area contributed by atoms with Crippen LogP contribution in [-0.2, 0) is 35.1 Å². The topological polar surface area (TPSA) is 101 Å². The van der Waals surface area contributed by atoms with Gasteiger partial charge in [-0.25, -0.2) is 14.4 Å². The second kappa shape index (κ2) is 13.4. The lowest BCUT2D eigenvalue weighted by molar-refractivity contribution is -0.163. The van der Waals surface area contributed by atoms with Gasteiger partial charge < -0.3 is 23.7 Å². The fraction of sp³-hybridized carbons (Fsp3) is 0.654. The first-order valence-corrected chi connectivity index (χ1v) is 11.7. The molecule has 9 nitrogen and oxygen atoms in total. The number of imide groups is 1. The van der Waals surface area contributed by atoms with E-state index in [9.17, 15) is 14.4 Å². The van der Waals surface area contributed by atoms with Gasteiger partial charge in [0.2, 0.25) is 0 Å². The number of carbonyl (C=O) groups excluding carboxylic acids is 3. The Labute approximate surface area is 209 Å². The van der Waals surface area contributed by atoms with E-state index in [1.807, 2.05) is 30.3 Å². The summed E-state index contributed by atoms with van der Waals surface area (Å²) in [6, 6.07) is 8.32. The molecular weight excluding hydrogens is 454 g/mol. The Kier molecular flexibility index (Phi) is 11.7. The number of amides is 2. The van der Waals surface area contributed by atoms with Crippen molar-refractivity contribution in [1.29, 1.82) is 0 Å². The van der Waals surface area contributed by atoms with E-state index in [0.29, 0.717) is 24.5 Å². The summed E-state index contributed by atoms with van der Waals surface area (Å²) in [6.45, 7) is 13.8. The van der Waals surface area contributed by atoms with Gasteiger partial charge in [0, 0.05) is 20.1 Å². The molecule has 0 radical (unpaired) electrons. The standard InChI is InChI=1S/C26H41NO8/c1-18(27(23(29)34-25(3,4)5)24(30)35-26(6,7)8)22(28)33-19(2)21(15-16-31-9)32-17-20-13-11-10-12-14-20/h10-14,18-19,21H,15-17H2,1-9H3. The van der Waals surface area contributed by atoms with Crippen molar-refractivity contribution < 1.29 is 38.1 Å². The largest absolute Gasteiger partial charge is 0.458 e. The highest BCUT2D eigenvalue weighted by Gasteiger charge is 2.39. The summed E-state index contributed by atoms with van der Waals surface area (Å²) in [5, 5.41) is 0. The van der Waals surface area contributed by atoms with Crippen molar-refractivity contribution in [1.82, 2.24) is 4.90 Å². The summed E-state index contributed by atoms with van der Waals surface area (Å²) in [5.41, 5.74) is -0.793. The quantitative estimate of drug-likeness (QED) is 0.326. The molecule has 1 aromatic carbocycles. The molecule has 0 aliphatic carbocycles. The van der Waals surface area contributed by atoms with Crippen molar-refractivity contribution in [3.8, 4) is 0 Å². The van der Waals surface area contributed by atoms with Crippen LogP contribution >= 0.6 is 0 Å². The monoisotopic (exact) mass is 495 g/mol. The number of hydrogen-bond donors (Lipinski definition) is 0. The lowest BCUT2D eigenvalue weighted by Crippen LogP contribution is -2.52. The second-order valence-electron chi connectivity index (χ2n) is 10.3. The van der Waals surface area contributed by atoms with Crippen LogP contribution in [-0.4, -0.2) is 66.2 Å². The summed E-state index contributed by atoms with van der Waals surface area (Å²) < 4.78 is 27.5. The van der Waals surface area contributed by atoms with Crippen LogP contribution in [0.2, 0.25) is 0 Å². The van der Waals surface area contributed by atoms with E-state index < -0.39 is 47.6 Å². The number of esters is 1. The Morgan fingerprint density at radius 1 is 0.886 bits per heavy atom. The average Bonchev–Trinajstić information content (AvgIpc) is 2.71. The van der Waals surface area contributed by atoms with E-state index in [1.54, 1.807) is 55.6 Å². The highest BCUT2D eigenvalue weighted by Crippen LogP contribution is 2.19. The fourth-order valence-electron chi connectivity index (χ4n) is 2.94. The molecule has 0 aliphatic rings. The maximum absolute atomic E-state index is 13.0. The SMILES string of the molecule is COCCC(OCc1ccccc1)C(C)OC(=O)C(C)N(C(=O)OC(C)(C)C)C(=O)OC(C)(C)C. The molecule has 0 saturated heterocycles. The van der Waals surface area contributed by atoms with E-state index >= 15 is 0 Å². The lowest BCUT2D eigenvalue weighted by atomic mass is 10.1. The third-order valence-electron chi connectivity index (χ3n) is 4.65. The number of ether oxygens (including phenoxy) is 5. The summed E-state index contributed by atoms with van der Waals surface area (Å²) in [6.07, 6.45) is -2.67. The zero-order valence-corrected chi connectivity index (χ0v) is 22.5. The van der Waals surface area contributed by atoms with Gasteiger partial charge in [-0.05, 0) is 61.0 Å². The molecule has 35 heavy (non-hydrogen) atoms. The minimum absolute atomic E-state index is 0.328. The van der Waals surface area contributed by atoms with Crippen molar-refractivity contribution in [2.24, 2.45) is 0 Å². The molecule has 0 bridgehead atoms. The number of hydrogen-bond acceptors (Lipinski definition) is 8. The van der Waals surface area contributed by atoms with Gasteiger partial charge in [0.05, 0.1) is 12.7 Å². The Hall–Kier alpha value is -2.65. The third kappa shape index (κ3) is 11.6. The molecule has 3 atom stereocenters. The predicted molar refractivity (Wildman–Crippen MR) is 131 cm³/mol. The summed E-state index contributed by atoms with van der Waals surface area (Å²) in [4.78, 5) is 39.3. The van der Waals surface area contributed by atoms with Gasteiger partial charge in [0.25, 0.3) is 0 Å². The van der Waals surface area contributed by atoms with Crippen LogP contribution in [0.3, 0.4) is 0 Å². The van der Waals surface area contributed by atoms with E-state index in [4.69, 9.17) is 23.7 Å². The smallest absolute Gasteiger partial charge is 0.420 e. The number of methoxy groups -OCH3 is 1. The molecule has 0 spiro atoms. The molecule has 1 aromatic rings. The van der Waals surface area contributed by atoms with E-state index in [0.717, 1.165) is 5.56 Å². The minimum Gasteiger partial charge on any atom is -0.458 e. The minimum atomic E-state index is -1.29. The normalized spacial score (nSPS) is 14.4. The summed E-state index contributed by atoms with van der Waals surface area (Å²) in [7, 11) is 1.58. The molecule has 1 rings (SSSR count). The van der Waals surface area contributed by atoms with Crippen LogP contribution in [0.15, 0.2) is 30.3 Å². The van der Waals surface area contributed by atoms with Crippen LogP contribution in [0.4, 0.5) is 9.59 Å². The van der Waals surface area contributed by atoms with Crippen LogP contribution in [0, 0.1) is 0 Å². The van der Waals surface area contributed by atoms with Gasteiger partial charge >= 0.3 is 18.2 Å². The Morgan fingerprint density at radius 3 is 1.86 bits per heavy atom. The van der Waals surface area contributed by atoms with Crippen molar-refractivity contribution in [2.75, 3.05) is 13.7 Å². The Morgan fingerprint density at radius 2 is 1.40 bits per heavy atom. The van der Waals surface area contributed by atoms with Gasteiger partial charge in [0.1, 0.15) is 23.3 Å². The second-order valence-corrected chi connectivity index (χ2v) is 10.3. The van der Waals surface area contributed by atoms with Crippen molar-refractivity contribution >= 4 is 18.2 Å². The number of nitrogens with zero attached hydrogens (tertiary/aromatic N) is 1. The number of rotatable bonds is 10. The zero-order valence-electron chi connectivity index (χ0n) is 22.5. The van der Waals surface area contributed by atoms with E-state index in [1.165, 1.54) is 6.92 Å². The predicted octanol–water partition coefficient (Wildman–Crippen LogP) is 5.10. The molecule has 0 fully saturated rings. The zero-order chi connectivity index (χ0) is 26.8. The third-order valence-corrected chi connectivity index (χ3v) is 4.65. The van der Waals surface area contributed by atoms with Crippen LogP contribution in [0.5, 0.6) is 0 Å². The molecule has 2 amide bonds. The molecule has 198 valence electrons. The summed E-state index contributed by atoms with van der Waals surface area (Å²) >= 11 is 0. The van der Waals surface area contributed by atoms with Gasteiger partial charge in [-0.2, -0.15) is 4.90 Å². The molecule has 9 heteroatoms. The molecule has 0 heterocycles. The molecule has 0 aromatic heterocycles. The van der Waals surface area contributed by atoms with Crippen molar-refractivity contribution in [2.45, 2.75) is 97.9 Å². The van der Waals surface area contributed by atoms with Gasteiger partial charge in [-0.1, -0.05) is 30.3 Å². The van der Waals surface area contributed by atoms with E-state index in [2.05, 4.69) is 0 Å². The van der Waals surface area contributed by atoms with E-state index in [-0.39, 0.29) is 0 Å². The van der Waals surface area contributed by atoms with Crippen LogP contribution in [0.1, 0.15) is 67.4 Å². The average molecular weight is 496 g/mol. The summed E-state index contributed by atoms with van der Waals surface area (Å²) in [5.74, 6) is -0.792. The first kappa shape index (κ1) is 30.4. The molecule has 0 aliphatic heterocycles. The molecular formula is C26H41NO8. The molecule has 0 saturated carbocycles. The van der Waals surface area contributed by atoms with Gasteiger partial charge in [0.15, 0.2) is 0 Å². The van der Waals surface area contributed by atoms with Gasteiger partial charge in [-0.15, -0.1) is 0 Å². The lowest BCUT2D eigenvalue weighted by Gasteiger charge is -2.32. The maximum Gasteiger partial charge on any atom is 0.420 e. The maximum atomic E-state index is 13.0. The first-order valence-electron chi connectivity index (χ1n) is 11.7. The van der Waals surface area contributed by atoms with Crippen molar-refractivity contribution in [3.63, 3.8) is 0 Å². The highest BCUT2D eigenvalue weighted by molar-refractivity contribution is 5.94. The Bertz CT molecular complexity index is 785. The van der Waals surface area contributed by atoms with Gasteiger partial charge in [-0.3, -0.25) is 0 Å². The molecule has 3 unspecified atom stereocenters. The van der Waals surface area contributed by atoms with Crippen LogP contribution in [0.25, 0.3) is 0 Å².